The molecule has 0 rings (SSSR count). The van der Waals surface area contributed by atoms with E-state index in [0.717, 1.165) is 0 Å². The van der Waals surface area contributed by atoms with E-state index >= 15 is 0 Å². The fraction of sp³-hybridized carbons (Fsp3) is 0.833. The first-order valence-electron chi connectivity index (χ1n) is 4.10. The summed E-state index contributed by atoms with van der Waals surface area (Å²) in [7, 11) is -4.81. The molecule has 2 atom stereocenters. The fourth-order valence-corrected chi connectivity index (χ4v) is 1.06. The normalized spacial score (nSPS) is 15.9. The van der Waals surface area contributed by atoms with Crippen molar-refractivity contribution in [2.24, 2.45) is 0 Å². The molecule has 10 heteroatoms. The second-order valence-electron chi connectivity index (χ2n) is 2.77. The number of aliphatic hydroxyl groups excluding tert-OH is 1. The number of carboxylic acid groups (broad SMARTS) is 1. The minimum Gasteiger partial charge on any atom is -0.756 e. The summed E-state index contributed by atoms with van der Waals surface area (Å²) in [4.78, 5) is 28.3. The van der Waals surface area contributed by atoms with Crippen LogP contribution >= 0.6 is 7.82 Å². The standard InChI is InChI=1S/C6H14NO7P.Na/c8-5(4-14-15(11,12)13)3-7-2-1-6(9)10;/h5,7-8H,1-4H2,(H,9,10)(H2,11,12,13);/q;+1/p-1. The maximum Gasteiger partial charge on any atom is 1.00 e. The summed E-state index contributed by atoms with van der Waals surface area (Å²) in [5.74, 6) is -0.979. The maximum atomic E-state index is 10.1. The van der Waals surface area contributed by atoms with Crippen LogP contribution in [0.4, 0.5) is 0 Å². The van der Waals surface area contributed by atoms with E-state index in [4.69, 9.17) is 15.1 Å². The molecule has 0 spiro atoms. The van der Waals surface area contributed by atoms with Crippen molar-refractivity contribution in [2.45, 2.75) is 12.5 Å². The van der Waals surface area contributed by atoms with Gasteiger partial charge in [0.25, 0.3) is 7.82 Å². The fourth-order valence-electron chi connectivity index (χ4n) is 0.703. The molecule has 0 fully saturated rings. The van der Waals surface area contributed by atoms with Crippen molar-refractivity contribution >= 4 is 13.8 Å². The number of phosphoric ester groups is 1. The number of hydrogen-bond acceptors (Lipinski definition) is 6. The van der Waals surface area contributed by atoms with E-state index in [9.17, 15) is 14.3 Å². The van der Waals surface area contributed by atoms with Crippen molar-refractivity contribution in [1.82, 2.24) is 5.32 Å². The van der Waals surface area contributed by atoms with Crippen molar-refractivity contribution in [1.29, 1.82) is 0 Å². The summed E-state index contributed by atoms with van der Waals surface area (Å²) in [5.41, 5.74) is 0. The second-order valence-corrected chi connectivity index (χ2v) is 3.96. The molecule has 0 aromatic rings. The maximum absolute atomic E-state index is 10.1. The molecular formula is C6H13NNaO7P. The van der Waals surface area contributed by atoms with E-state index < -0.39 is 26.5 Å². The number of nitrogens with one attached hydrogen (secondary N) is 1. The van der Waals surface area contributed by atoms with Crippen molar-refractivity contribution in [2.75, 3.05) is 19.7 Å². The number of carbonyl (C=O) groups is 1. The number of hydrogen-bond donors (Lipinski definition) is 4. The Morgan fingerprint density at radius 1 is 1.56 bits per heavy atom. The van der Waals surface area contributed by atoms with Gasteiger partial charge in [-0.1, -0.05) is 0 Å². The minimum atomic E-state index is -4.81. The Labute approximate surface area is 115 Å². The molecule has 0 saturated heterocycles. The van der Waals surface area contributed by atoms with Gasteiger partial charge >= 0.3 is 35.5 Å². The zero-order valence-electron chi connectivity index (χ0n) is 8.83. The summed E-state index contributed by atoms with van der Waals surface area (Å²) in [5, 5.41) is 19.9. The van der Waals surface area contributed by atoms with Crippen LogP contribution < -0.4 is 39.8 Å². The first-order chi connectivity index (χ1) is 6.81. The average Bonchev–Trinajstić information content (AvgIpc) is 2.07. The Bertz CT molecular complexity index is 245. The van der Waals surface area contributed by atoms with Crippen molar-refractivity contribution < 1.29 is 63.4 Å². The van der Waals surface area contributed by atoms with Crippen molar-refractivity contribution in [3.05, 3.63) is 0 Å². The van der Waals surface area contributed by atoms with Crippen LogP contribution in [-0.4, -0.2) is 46.9 Å². The molecule has 2 unspecified atom stereocenters. The van der Waals surface area contributed by atoms with E-state index in [0.29, 0.717) is 0 Å². The van der Waals surface area contributed by atoms with E-state index in [1.807, 2.05) is 0 Å². The zero-order chi connectivity index (χ0) is 11.9. The van der Waals surface area contributed by atoms with Gasteiger partial charge in [0.1, 0.15) is 0 Å². The molecule has 0 amide bonds. The van der Waals surface area contributed by atoms with Crippen LogP contribution in [0.2, 0.25) is 0 Å². The number of phosphoric acid groups is 1. The van der Waals surface area contributed by atoms with Gasteiger partial charge in [-0.15, -0.1) is 0 Å². The number of rotatable bonds is 8. The minimum absolute atomic E-state index is 0. The average molecular weight is 265 g/mol. The molecular weight excluding hydrogens is 252 g/mol. The van der Waals surface area contributed by atoms with E-state index in [1.165, 1.54) is 0 Å². The van der Waals surface area contributed by atoms with Gasteiger partial charge in [-0.05, 0) is 0 Å². The van der Waals surface area contributed by atoms with Crippen LogP contribution in [0.5, 0.6) is 0 Å². The molecule has 0 radical (unpaired) electrons. The van der Waals surface area contributed by atoms with Crippen LogP contribution in [-0.2, 0) is 13.9 Å². The molecule has 0 heterocycles. The molecule has 8 nitrogen and oxygen atoms in total. The van der Waals surface area contributed by atoms with Gasteiger partial charge in [0, 0.05) is 13.1 Å². The molecule has 16 heavy (non-hydrogen) atoms. The molecule has 0 aromatic heterocycles. The van der Waals surface area contributed by atoms with E-state index in [-0.39, 0.29) is 49.1 Å². The third kappa shape index (κ3) is 14.5. The molecule has 0 aliphatic heterocycles. The predicted octanol–water partition coefficient (Wildman–Crippen LogP) is -5.11. The van der Waals surface area contributed by atoms with E-state index in [2.05, 4.69) is 9.84 Å². The van der Waals surface area contributed by atoms with Crippen LogP contribution in [0.3, 0.4) is 0 Å². The van der Waals surface area contributed by atoms with Gasteiger partial charge in [-0.3, -0.25) is 9.36 Å². The molecule has 0 saturated carbocycles. The Morgan fingerprint density at radius 3 is 2.56 bits per heavy atom. The van der Waals surface area contributed by atoms with Gasteiger partial charge in [0.05, 0.1) is 19.1 Å². The van der Waals surface area contributed by atoms with Crippen molar-refractivity contribution in [3.63, 3.8) is 0 Å². The first kappa shape index (κ1) is 18.9. The van der Waals surface area contributed by atoms with Gasteiger partial charge in [-0.25, -0.2) is 0 Å². The number of aliphatic hydroxyl groups is 1. The summed E-state index contributed by atoms with van der Waals surface area (Å²) in [6, 6.07) is 0. The topological polar surface area (TPSA) is 139 Å². The van der Waals surface area contributed by atoms with Gasteiger partial charge < -0.3 is 29.8 Å². The van der Waals surface area contributed by atoms with Gasteiger partial charge in [-0.2, -0.15) is 0 Å². The summed E-state index contributed by atoms with van der Waals surface area (Å²) in [6.07, 6.45) is -1.23. The Hall–Kier alpha value is 0.500. The number of aliphatic carboxylic acids is 1. The third-order valence-electron chi connectivity index (χ3n) is 1.33. The van der Waals surface area contributed by atoms with Gasteiger partial charge in [0.2, 0.25) is 0 Å². The predicted molar refractivity (Wildman–Crippen MR) is 46.9 cm³/mol. The SMILES string of the molecule is O=C(O)CCNCC(O)COP(=O)([O-])O.[Na+]. The molecule has 0 aliphatic rings. The summed E-state index contributed by atoms with van der Waals surface area (Å²) < 4.78 is 14.0. The largest absolute Gasteiger partial charge is 1.00 e. The summed E-state index contributed by atoms with van der Waals surface area (Å²) in [6.45, 7) is -0.439. The quantitative estimate of drug-likeness (QED) is 0.194. The zero-order valence-corrected chi connectivity index (χ0v) is 11.7. The molecule has 4 N–H and O–H groups in total. The third-order valence-corrected chi connectivity index (χ3v) is 1.80. The Kier molecular flexibility index (Phi) is 11.2. The molecule has 90 valence electrons. The van der Waals surface area contributed by atoms with Crippen LogP contribution in [0.1, 0.15) is 6.42 Å². The van der Waals surface area contributed by atoms with Crippen LogP contribution in [0.15, 0.2) is 0 Å². The molecule has 0 bridgehead atoms. The first-order valence-corrected chi connectivity index (χ1v) is 5.59. The van der Waals surface area contributed by atoms with Crippen LogP contribution in [0, 0.1) is 0 Å². The second kappa shape index (κ2) is 9.52. The molecule has 0 aliphatic carbocycles. The molecule has 0 aromatic carbocycles. The Morgan fingerprint density at radius 2 is 2.12 bits per heavy atom. The number of carboxylic acids is 1. The van der Waals surface area contributed by atoms with Crippen LogP contribution in [0.25, 0.3) is 0 Å². The van der Waals surface area contributed by atoms with Gasteiger partial charge in [0.15, 0.2) is 0 Å². The smallest absolute Gasteiger partial charge is 0.756 e. The Balaban J connectivity index is 0. The van der Waals surface area contributed by atoms with Crippen molar-refractivity contribution in [3.8, 4) is 0 Å². The van der Waals surface area contributed by atoms with E-state index in [1.54, 1.807) is 0 Å². The monoisotopic (exact) mass is 265 g/mol. The summed E-state index contributed by atoms with van der Waals surface area (Å²) >= 11 is 0.